The molecule has 0 aromatic rings. The van der Waals surface area contributed by atoms with E-state index in [0.29, 0.717) is 38.3 Å². The van der Waals surface area contributed by atoms with E-state index in [4.69, 9.17) is 18.9 Å². The van der Waals surface area contributed by atoms with Gasteiger partial charge in [-0.1, -0.05) is 27.7 Å². The molecule has 19 heavy (non-hydrogen) atoms. The molecule has 2 rings (SSSR count). The van der Waals surface area contributed by atoms with Gasteiger partial charge in [0.15, 0.2) is 11.6 Å². The molecule has 0 aromatic carbocycles. The first-order chi connectivity index (χ1) is 8.72. The molecule has 0 bridgehead atoms. The summed E-state index contributed by atoms with van der Waals surface area (Å²) in [5.41, 5.74) is -0.150. The third kappa shape index (κ3) is 2.82. The summed E-state index contributed by atoms with van der Waals surface area (Å²) in [6.07, 6.45) is 0. The van der Waals surface area contributed by atoms with Crippen LogP contribution in [0.2, 0.25) is 0 Å². The second kappa shape index (κ2) is 4.99. The first kappa shape index (κ1) is 15.2. The smallest absolute Gasteiger partial charge is 0.167 e. The molecule has 4 nitrogen and oxygen atoms in total. The molecule has 0 N–H and O–H groups in total. The fourth-order valence-electron chi connectivity index (χ4n) is 2.19. The van der Waals surface area contributed by atoms with Crippen LogP contribution in [0.3, 0.4) is 0 Å². The molecule has 0 atom stereocenters. The number of hydrogen-bond acceptors (Lipinski definition) is 4. The van der Waals surface area contributed by atoms with Crippen molar-refractivity contribution in [3.8, 4) is 0 Å². The normalized spacial score (nSPS) is 44.2. The van der Waals surface area contributed by atoms with Crippen molar-refractivity contribution in [3.05, 3.63) is 0 Å². The first-order valence-corrected chi connectivity index (χ1v) is 7.27. The molecule has 0 amide bonds. The summed E-state index contributed by atoms with van der Waals surface area (Å²) in [4.78, 5) is 0. The van der Waals surface area contributed by atoms with E-state index in [1.54, 1.807) is 0 Å². The van der Waals surface area contributed by atoms with E-state index >= 15 is 0 Å². The second-order valence-electron chi connectivity index (χ2n) is 7.00. The summed E-state index contributed by atoms with van der Waals surface area (Å²) in [5, 5.41) is 0. The van der Waals surface area contributed by atoms with Crippen molar-refractivity contribution in [2.75, 3.05) is 26.4 Å². The Labute approximate surface area is 116 Å². The Balaban J connectivity index is 1.95. The van der Waals surface area contributed by atoms with E-state index in [2.05, 4.69) is 27.7 Å². The van der Waals surface area contributed by atoms with Crippen molar-refractivity contribution in [3.63, 3.8) is 0 Å². The molecule has 2 aliphatic heterocycles. The molecule has 0 aromatic heterocycles. The molecule has 0 saturated carbocycles. The van der Waals surface area contributed by atoms with Crippen LogP contribution in [0.15, 0.2) is 0 Å². The molecule has 112 valence electrons. The molecule has 0 unspecified atom stereocenters. The van der Waals surface area contributed by atoms with Gasteiger partial charge in [-0.3, -0.25) is 0 Å². The summed E-state index contributed by atoms with van der Waals surface area (Å²) in [5.74, 6) is -0.305. The Morgan fingerprint density at radius 2 is 0.895 bits per heavy atom. The minimum atomic E-state index is -0.482. The van der Waals surface area contributed by atoms with Crippen LogP contribution in [-0.2, 0) is 18.9 Å². The monoisotopic (exact) mass is 272 g/mol. The van der Waals surface area contributed by atoms with Gasteiger partial charge >= 0.3 is 0 Å². The van der Waals surface area contributed by atoms with Crippen LogP contribution in [0, 0.1) is 17.3 Å². The molecular weight excluding hydrogens is 244 g/mol. The van der Waals surface area contributed by atoms with E-state index in [1.165, 1.54) is 0 Å². The molecule has 0 aliphatic carbocycles. The van der Waals surface area contributed by atoms with Crippen LogP contribution in [0.1, 0.15) is 41.5 Å². The third-order valence-corrected chi connectivity index (χ3v) is 4.76. The summed E-state index contributed by atoms with van der Waals surface area (Å²) < 4.78 is 23.9. The van der Waals surface area contributed by atoms with E-state index in [1.807, 2.05) is 13.8 Å². The maximum absolute atomic E-state index is 5.97. The zero-order valence-electron chi connectivity index (χ0n) is 13.1. The largest absolute Gasteiger partial charge is 0.349 e. The lowest BCUT2D eigenvalue weighted by molar-refractivity contribution is -0.374. The highest BCUT2D eigenvalue weighted by atomic mass is 16.7. The molecular formula is C15H28O4. The van der Waals surface area contributed by atoms with Gasteiger partial charge in [-0.05, 0) is 13.8 Å². The van der Waals surface area contributed by atoms with Gasteiger partial charge in [-0.25, -0.2) is 0 Å². The Hall–Kier alpha value is -0.160. The van der Waals surface area contributed by atoms with Crippen molar-refractivity contribution >= 4 is 0 Å². The minimum absolute atomic E-state index is 0.150. The molecule has 4 heteroatoms. The van der Waals surface area contributed by atoms with Gasteiger partial charge in [0, 0.05) is 11.8 Å². The topological polar surface area (TPSA) is 36.9 Å². The van der Waals surface area contributed by atoms with Crippen LogP contribution in [-0.4, -0.2) is 38.0 Å². The van der Waals surface area contributed by atoms with Crippen LogP contribution in [0.25, 0.3) is 0 Å². The maximum Gasteiger partial charge on any atom is 0.167 e. The Kier molecular flexibility index (Phi) is 4.00. The predicted octanol–water partition coefficient (Wildman–Crippen LogP) is 2.81. The summed E-state index contributed by atoms with van der Waals surface area (Å²) in [6, 6.07) is 0. The highest BCUT2D eigenvalue weighted by molar-refractivity contribution is 4.90. The maximum atomic E-state index is 5.97. The summed E-state index contributed by atoms with van der Waals surface area (Å²) >= 11 is 0. The van der Waals surface area contributed by atoms with Crippen molar-refractivity contribution in [2.45, 2.75) is 53.1 Å². The summed E-state index contributed by atoms with van der Waals surface area (Å²) in [7, 11) is 0. The van der Waals surface area contributed by atoms with E-state index in [-0.39, 0.29) is 5.41 Å². The lowest BCUT2D eigenvalue weighted by Gasteiger charge is -2.51. The first-order valence-electron chi connectivity index (χ1n) is 7.27. The van der Waals surface area contributed by atoms with Crippen LogP contribution >= 0.6 is 0 Å². The zero-order chi connectivity index (χ0) is 14.3. The molecule has 2 heterocycles. The van der Waals surface area contributed by atoms with Crippen molar-refractivity contribution in [1.29, 1.82) is 0 Å². The molecule has 0 radical (unpaired) electrons. The van der Waals surface area contributed by atoms with Gasteiger partial charge in [0.2, 0.25) is 0 Å². The summed E-state index contributed by atoms with van der Waals surface area (Å²) in [6.45, 7) is 15.0. The average molecular weight is 272 g/mol. The van der Waals surface area contributed by atoms with Crippen molar-refractivity contribution < 1.29 is 18.9 Å². The van der Waals surface area contributed by atoms with E-state index in [9.17, 15) is 0 Å². The van der Waals surface area contributed by atoms with Crippen molar-refractivity contribution in [1.82, 2.24) is 0 Å². The number of ether oxygens (including phenoxy) is 4. The lowest BCUT2D eigenvalue weighted by atomic mass is 9.87. The van der Waals surface area contributed by atoms with Gasteiger partial charge in [0.05, 0.1) is 31.8 Å². The van der Waals surface area contributed by atoms with Crippen molar-refractivity contribution in [2.24, 2.45) is 17.3 Å². The third-order valence-electron chi connectivity index (χ3n) is 4.76. The van der Waals surface area contributed by atoms with E-state index < -0.39 is 11.6 Å². The Morgan fingerprint density at radius 1 is 0.632 bits per heavy atom. The highest BCUT2D eigenvalue weighted by Gasteiger charge is 2.49. The molecule has 2 aliphatic rings. The van der Waals surface area contributed by atoms with Gasteiger partial charge in [0.1, 0.15) is 0 Å². The quantitative estimate of drug-likeness (QED) is 0.774. The van der Waals surface area contributed by atoms with Gasteiger partial charge < -0.3 is 18.9 Å². The lowest BCUT2D eigenvalue weighted by Crippen LogP contribution is -2.59. The predicted molar refractivity (Wildman–Crippen MR) is 72.7 cm³/mol. The average Bonchev–Trinajstić information content (AvgIpc) is 2.37. The molecule has 2 fully saturated rings. The van der Waals surface area contributed by atoms with Crippen LogP contribution in [0.5, 0.6) is 0 Å². The fourth-order valence-corrected chi connectivity index (χ4v) is 2.19. The SMILES string of the molecule is CC(C)C1(C)OCC2(CO1)COC(C)(C(C)C)OC2. The minimum Gasteiger partial charge on any atom is -0.349 e. The molecule has 2 saturated heterocycles. The molecule has 1 spiro atoms. The van der Waals surface area contributed by atoms with Gasteiger partial charge in [-0.15, -0.1) is 0 Å². The zero-order valence-corrected chi connectivity index (χ0v) is 13.1. The Bertz CT molecular complexity index is 273. The number of hydrogen-bond donors (Lipinski definition) is 0. The highest BCUT2D eigenvalue weighted by Crippen LogP contribution is 2.40. The van der Waals surface area contributed by atoms with E-state index in [0.717, 1.165) is 0 Å². The van der Waals surface area contributed by atoms with Crippen LogP contribution in [0.4, 0.5) is 0 Å². The second-order valence-corrected chi connectivity index (χ2v) is 7.00. The fraction of sp³-hybridized carbons (Fsp3) is 1.00. The van der Waals surface area contributed by atoms with Gasteiger partial charge in [0.25, 0.3) is 0 Å². The standard InChI is InChI=1S/C15H28O4/c1-11(2)13(5)16-7-15(8-17-13)9-18-14(6,12(3)4)19-10-15/h11-12H,7-10H2,1-6H3. The van der Waals surface area contributed by atoms with Crippen LogP contribution < -0.4 is 0 Å². The number of rotatable bonds is 2. The Morgan fingerprint density at radius 3 is 1.11 bits per heavy atom. The van der Waals surface area contributed by atoms with Gasteiger partial charge in [-0.2, -0.15) is 0 Å².